The molecular weight excluding hydrogens is 398 g/mol. The number of aromatic nitrogens is 1. The zero-order chi connectivity index (χ0) is 21.3. The Hall–Kier alpha value is -3.03. The molecule has 2 N–H and O–H groups in total. The van der Waals surface area contributed by atoms with E-state index in [9.17, 15) is 8.42 Å². The predicted octanol–water partition coefficient (Wildman–Crippen LogP) is 4.23. The van der Waals surface area contributed by atoms with E-state index in [2.05, 4.69) is 14.6 Å². The van der Waals surface area contributed by atoms with E-state index in [-0.39, 0.29) is 4.90 Å². The zero-order valence-electron chi connectivity index (χ0n) is 17.3. The molecule has 0 bridgehead atoms. The Morgan fingerprint density at radius 2 is 1.83 bits per heavy atom. The lowest BCUT2D eigenvalue weighted by atomic mass is 10.1. The third kappa shape index (κ3) is 3.86. The minimum atomic E-state index is -3.81. The Morgan fingerprint density at radius 1 is 1.07 bits per heavy atom. The van der Waals surface area contributed by atoms with Crippen molar-refractivity contribution in [1.29, 1.82) is 0 Å². The molecule has 0 atom stereocenters. The van der Waals surface area contributed by atoms with Gasteiger partial charge in [0, 0.05) is 34.7 Å². The highest BCUT2D eigenvalue weighted by Crippen LogP contribution is 2.33. The van der Waals surface area contributed by atoms with Crippen molar-refractivity contribution in [3.05, 3.63) is 66.4 Å². The lowest BCUT2D eigenvalue weighted by Crippen LogP contribution is -2.15. The Labute approximate surface area is 176 Å². The Bertz CT molecular complexity index is 1300. The first-order valence-electron chi connectivity index (χ1n) is 9.72. The molecule has 0 aliphatic heterocycles. The summed E-state index contributed by atoms with van der Waals surface area (Å²) < 4.78 is 34.7. The molecule has 0 amide bonds. The molecule has 4 rings (SSSR count). The van der Waals surface area contributed by atoms with E-state index in [0.29, 0.717) is 16.8 Å². The summed E-state index contributed by atoms with van der Waals surface area (Å²) in [6, 6.07) is 16.3. The first kappa shape index (κ1) is 20.3. The number of H-pyrrole nitrogens is 1. The largest absolute Gasteiger partial charge is 0.496 e. The summed E-state index contributed by atoms with van der Waals surface area (Å²) in [6.45, 7) is 0.915. The van der Waals surface area contributed by atoms with Crippen molar-refractivity contribution in [3.8, 4) is 5.75 Å². The summed E-state index contributed by atoms with van der Waals surface area (Å²) in [4.78, 5) is 5.58. The van der Waals surface area contributed by atoms with Gasteiger partial charge in [0.25, 0.3) is 10.0 Å². The number of ether oxygens (including phenoxy) is 1. The van der Waals surface area contributed by atoms with Gasteiger partial charge in [-0.3, -0.25) is 4.72 Å². The van der Waals surface area contributed by atoms with E-state index in [0.717, 1.165) is 34.8 Å². The molecule has 30 heavy (non-hydrogen) atoms. The number of fused-ring (bicyclic) bond motifs is 2. The zero-order valence-corrected chi connectivity index (χ0v) is 18.1. The maximum Gasteiger partial charge on any atom is 0.262 e. The quantitative estimate of drug-likeness (QED) is 0.466. The molecule has 0 saturated heterocycles. The van der Waals surface area contributed by atoms with E-state index < -0.39 is 10.0 Å². The van der Waals surface area contributed by atoms with Crippen molar-refractivity contribution >= 4 is 37.4 Å². The van der Waals surface area contributed by atoms with Crippen LogP contribution in [0.3, 0.4) is 0 Å². The van der Waals surface area contributed by atoms with E-state index in [1.807, 2.05) is 50.6 Å². The van der Waals surface area contributed by atoms with Crippen molar-refractivity contribution in [2.45, 2.75) is 11.3 Å². The van der Waals surface area contributed by atoms with Crippen molar-refractivity contribution in [2.24, 2.45) is 0 Å². The first-order chi connectivity index (χ1) is 14.4. The number of rotatable bonds is 7. The summed E-state index contributed by atoms with van der Waals surface area (Å²) in [5.74, 6) is 0.528. The third-order valence-electron chi connectivity index (χ3n) is 5.19. The van der Waals surface area contributed by atoms with Gasteiger partial charge < -0.3 is 14.6 Å². The normalized spacial score (nSPS) is 12.0. The summed E-state index contributed by atoms with van der Waals surface area (Å²) in [5.41, 5.74) is 2.67. The molecule has 0 radical (unpaired) electrons. The van der Waals surface area contributed by atoms with Crippen LogP contribution in [0.1, 0.15) is 5.56 Å². The van der Waals surface area contributed by atoms with Gasteiger partial charge >= 0.3 is 0 Å². The monoisotopic (exact) mass is 423 g/mol. The lowest BCUT2D eigenvalue weighted by Gasteiger charge is -2.13. The maximum atomic E-state index is 13.3. The Morgan fingerprint density at radius 3 is 2.57 bits per heavy atom. The standard InChI is InChI=1S/C23H25N3O3S/c1-26(2)13-12-17-15-24-20-11-10-18(14-19(17)20)25-30(27,28)22-9-5-7-16-6-4-8-21(29-3)23(16)22/h4-11,14-15,24-25H,12-13H2,1-3H3. The van der Waals surface area contributed by atoms with Crippen LogP contribution < -0.4 is 9.46 Å². The highest BCUT2D eigenvalue weighted by Gasteiger charge is 2.20. The molecule has 4 aromatic rings. The topological polar surface area (TPSA) is 74.4 Å². The van der Waals surface area contributed by atoms with Gasteiger partial charge in [0.15, 0.2) is 0 Å². The molecule has 6 nitrogen and oxygen atoms in total. The van der Waals surface area contributed by atoms with Crippen LogP contribution in [0.5, 0.6) is 5.75 Å². The van der Waals surface area contributed by atoms with Crippen LogP contribution in [0.15, 0.2) is 65.7 Å². The lowest BCUT2D eigenvalue weighted by molar-refractivity contribution is 0.414. The second-order valence-electron chi connectivity index (χ2n) is 7.55. The number of likely N-dealkylation sites (N-methyl/N-ethyl adjacent to an activating group) is 1. The van der Waals surface area contributed by atoms with Crippen LogP contribution in [0.4, 0.5) is 5.69 Å². The number of hydrogen-bond acceptors (Lipinski definition) is 4. The molecule has 0 aliphatic rings. The van der Waals surface area contributed by atoms with Crippen LogP contribution in [0.25, 0.3) is 21.7 Å². The van der Waals surface area contributed by atoms with Gasteiger partial charge in [0.05, 0.1) is 12.0 Å². The van der Waals surface area contributed by atoms with Gasteiger partial charge in [-0.05, 0) is 61.8 Å². The molecule has 0 fully saturated rings. The highest BCUT2D eigenvalue weighted by atomic mass is 32.2. The number of benzene rings is 3. The fourth-order valence-electron chi connectivity index (χ4n) is 3.67. The van der Waals surface area contributed by atoms with Crippen molar-refractivity contribution in [3.63, 3.8) is 0 Å². The molecule has 156 valence electrons. The van der Waals surface area contributed by atoms with E-state index in [1.165, 1.54) is 0 Å². The molecule has 7 heteroatoms. The summed E-state index contributed by atoms with van der Waals surface area (Å²) in [6.07, 6.45) is 2.87. The molecule has 0 saturated carbocycles. The van der Waals surface area contributed by atoms with Gasteiger partial charge in [-0.15, -0.1) is 0 Å². The van der Waals surface area contributed by atoms with E-state index in [1.54, 1.807) is 31.4 Å². The van der Waals surface area contributed by atoms with Gasteiger partial charge in [0.1, 0.15) is 5.75 Å². The second-order valence-corrected chi connectivity index (χ2v) is 9.20. The SMILES string of the molecule is COc1cccc2cccc(S(=O)(=O)Nc3ccc4[nH]cc(CCN(C)C)c4c3)c12. The van der Waals surface area contributed by atoms with Crippen molar-refractivity contribution in [1.82, 2.24) is 9.88 Å². The molecule has 0 unspecified atom stereocenters. The van der Waals surface area contributed by atoms with Gasteiger partial charge in [0.2, 0.25) is 0 Å². The molecule has 0 aliphatic carbocycles. The predicted molar refractivity (Wildman–Crippen MR) is 122 cm³/mol. The van der Waals surface area contributed by atoms with Gasteiger partial charge in [-0.25, -0.2) is 8.42 Å². The summed E-state index contributed by atoms with van der Waals surface area (Å²) in [5, 5.41) is 2.40. The summed E-state index contributed by atoms with van der Waals surface area (Å²) >= 11 is 0. The number of sulfonamides is 1. The number of nitrogens with zero attached hydrogens (tertiary/aromatic N) is 1. The highest BCUT2D eigenvalue weighted by molar-refractivity contribution is 7.93. The summed E-state index contributed by atoms with van der Waals surface area (Å²) in [7, 11) is 1.80. The smallest absolute Gasteiger partial charge is 0.262 e. The third-order valence-corrected chi connectivity index (χ3v) is 6.61. The number of methoxy groups -OCH3 is 1. The number of hydrogen-bond donors (Lipinski definition) is 2. The molecule has 1 aromatic heterocycles. The van der Waals surface area contributed by atoms with E-state index >= 15 is 0 Å². The Balaban J connectivity index is 1.73. The first-order valence-corrected chi connectivity index (χ1v) is 11.2. The minimum Gasteiger partial charge on any atom is -0.496 e. The van der Waals surface area contributed by atoms with Crippen LogP contribution >= 0.6 is 0 Å². The Kier molecular flexibility index (Phi) is 5.40. The minimum absolute atomic E-state index is 0.194. The van der Waals surface area contributed by atoms with Gasteiger partial charge in [-0.2, -0.15) is 0 Å². The van der Waals surface area contributed by atoms with Gasteiger partial charge in [-0.1, -0.05) is 24.3 Å². The molecule has 0 spiro atoms. The van der Waals surface area contributed by atoms with Crippen LogP contribution in [-0.2, 0) is 16.4 Å². The van der Waals surface area contributed by atoms with Crippen molar-refractivity contribution < 1.29 is 13.2 Å². The fourth-order valence-corrected chi connectivity index (χ4v) is 4.96. The second kappa shape index (κ2) is 8.01. The van der Waals surface area contributed by atoms with Crippen molar-refractivity contribution in [2.75, 3.05) is 32.5 Å². The average molecular weight is 424 g/mol. The number of nitrogens with one attached hydrogen (secondary N) is 2. The van der Waals surface area contributed by atoms with Crippen LogP contribution in [0, 0.1) is 0 Å². The maximum absolute atomic E-state index is 13.3. The molecular formula is C23H25N3O3S. The molecule has 1 heterocycles. The fraction of sp³-hybridized carbons (Fsp3) is 0.217. The van der Waals surface area contributed by atoms with Crippen LogP contribution in [0.2, 0.25) is 0 Å². The van der Waals surface area contributed by atoms with Crippen LogP contribution in [-0.4, -0.2) is 46.1 Å². The number of aromatic amines is 1. The number of anilines is 1. The van der Waals surface area contributed by atoms with E-state index in [4.69, 9.17) is 4.74 Å². The average Bonchev–Trinajstić information content (AvgIpc) is 3.13. The molecule has 3 aromatic carbocycles.